The molecule has 0 saturated carbocycles. The fourth-order valence-electron chi connectivity index (χ4n) is 1.54. The van der Waals surface area contributed by atoms with E-state index in [-0.39, 0.29) is 0 Å². The van der Waals surface area contributed by atoms with Crippen molar-refractivity contribution >= 4 is 22.0 Å². The Morgan fingerprint density at radius 1 is 1.41 bits per heavy atom. The minimum atomic E-state index is 0.887. The predicted molar refractivity (Wildman–Crippen MR) is 77.5 cm³/mol. The third-order valence-electron chi connectivity index (χ3n) is 2.62. The number of methoxy groups -OCH3 is 1. The first-order valence-corrected chi connectivity index (χ1v) is 6.74. The Morgan fingerprint density at radius 2 is 2.18 bits per heavy atom. The van der Waals surface area contributed by atoms with Gasteiger partial charge in [-0.25, -0.2) is 0 Å². The molecule has 0 atom stereocenters. The van der Waals surface area contributed by atoms with E-state index in [1.54, 1.807) is 7.11 Å². The monoisotopic (exact) mass is 297 g/mol. The van der Waals surface area contributed by atoms with E-state index in [9.17, 15) is 0 Å². The third kappa shape index (κ3) is 4.52. The Balaban J connectivity index is 2.93. The molecule has 0 amide bonds. The first-order chi connectivity index (χ1) is 8.21. The highest BCUT2D eigenvalue weighted by molar-refractivity contribution is 9.10. The molecule has 0 bridgehead atoms. The average molecular weight is 298 g/mol. The van der Waals surface area contributed by atoms with E-state index in [1.807, 2.05) is 18.2 Å². The summed E-state index contributed by atoms with van der Waals surface area (Å²) in [7, 11) is 1.69. The highest BCUT2D eigenvalue weighted by Crippen LogP contribution is 2.25. The van der Waals surface area contributed by atoms with Gasteiger partial charge in [-0.3, -0.25) is 0 Å². The van der Waals surface area contributed by atoms with E-state index >= 15 is 0 Å². The second kappa shape index (κ2) is 7.51. The summed E-state index contributed by atoms with van der Waals surface area (Å²) in [6.45, 7) is 6.24. The zero-order valence-electron chi connectivity index (χ0n) is 10.7. The summed E-state index contributed by atoms with van der Waals surface area (Å²) in [4.78, 5) is 0. The number of benzene rings is 1. The van der Waals surface area contributed by atoms with Crippen LogP contribution in [0.25, 0.3) is 6.08 Å². The molecular weight excluding hydrogens is 278 g/mol. The van der Waals surface area contributed by atoms with Gasteiger partial charge in [-0.1, -0.05) is 41.4 Å². The van der Waals surface area contributed by atoms with Crippen molar-refractivity contribution in [1.82, 2.24) is 5.32 Å². The molecule has 0 aliphatic carbocycles. The molecule has 1 N–H and O–H groups in total. The molecule has 0 aliphatic heterocycles. The lowest BCUT2D eigenvalue weighted by Crippen LogP contribution is -2.15. The molecule has 2 nitrogen and oxygen atoms in total. The molecule has 94 valence electrons. The van der Waals surface area contributed by atoms with Crippen LogP contribution in [0.1, 0.15) is 25.8 Å². The minimum absolute atomic E-state index is 0.887. The van der Waals surface area contributed by atoms with Crippen LogP contribution in [0.5, 0.6) is 5.75 Å². The summed E-state index contributed by atoms with van der Waals surface area (Å²) in [6, 6.07) is 6.02. The number of hydrogen-bond acceptors (Lipinski definition) is 2. The van der Waals surface area contributed by atoms with Gasteiger partial charge in [0, 0.05) is 11.0 Å². The second-order valence-electron chi connectivity index (χ2n) is 3.82. The summed E-state index contributed by atoms with van der Waals surface area (Å²) < 4.78 is 6.34. The van der Waals surface area contributed by atoms with Crippen molar-refractivity contribution in [2.45, 2.75) is 20.3 Å². The van der Waals surface area contributed by atoms with Crippen molar-refractivity contribution in [1.29, 1.82) is 0 Å². The molecule has 0 heterocycles. The molecule has 0 aliphatic rings. The Morgan fingerprint density at radius 3 is 2.76 bits per heavy atom. The van der Waals surface area contributed by atoms with Crippen molar-refractivity contribution < 1.29 is 4.74 Å². The molecule has 1 aromatic rings. The van der Waals surface area contributed by atoms with Crippen molar-refractivity contribution in [2.24, 2.45) is 0 Å². The number of nitrogens with one attached hydrogen (secondary N) is 1. The summed E-state index contributed by atoms with van der Waals surface area (Å²) in [5.41, 5.74) is 2.56. The van der Waals surface area contributed by atoms with E-state index in [1.165, 1.54) is 11.1 Å². The van der Waals surface area contributed by atoms with Gasteiger partial charge in [0.2, 0.25) is 0 Å². The Bertz CT molecular complexity index is 388. The lowest BCUT2D eigenvalue weighted by molar-refractivity contribution is 0.414. The molecule has 17 heavy (non-hydrogen) atoms. The van der Waals surface area contributed by atoms with E-state index in [0.717, 1.165) is 29.7 Å². The topological polar surface area (TPSA) is 21.3 Å². The zero-order valence-corrected chi connectivity index (χ0v) is 12.3. The van der Waals surface area contributed by atoms with Gasteiger partial charge in [0.15, 0.2) is 0 Å². The maximum Gasteiger partial charge on any atom is 0.119 e. The van der Waals surface area contributed by atoms with Gasteiger partial charge >= 0.3 is 0 Å². The normalized spacial score (nSPS) is 11.6. The van der Waals surface area contributed by atoms with Gasteiger partial charge in [0.25, 0.3) is 0 Å². The molecule has 0 fully saturated rings. The van der Waals surface area contributed by atoms with E-state index in [2.05, 4.69) is 41.2 Å². The number of rotatable bonds is 6. The van der Waals surface area contributed by atoms with Crippen LogP contribution in [-0.2, 0) is 0 Å². The van der Waals surface area contributed by atoms with Crippen molar-refractivity contribution in [2.75, 3.05) is 20.2 Å². The predicted octanol–water partition coefficient (Wildman–Crippen LogP) is 3.86. The van der Waals surface area contributed by atoms with Crippen LogP contribution in [0.2, 0.25) is 0 Å². The van der Waals surface area contributed by atoms with Crippen LogP contribution in [-0.4, -0.2) is 20.2 Å². The van der Waals surface area contributed by atoms with Gasteiger partial charge in [0.1, 0.15) is 5.75 Å². The molecule has 0 unspecified atom stereocenters. The lowest BCUT2D eigenvalue weighted by atomic mass is 10.1. The Labute approximate surface area is 112 Å². The molecule has 3 heteroatoms. The third-order valence-corrected chi connectivity index (χ3v) is 3.34. The van der Waals surface area contributed by atoms with Crippen molar-refractivity contribution in [3.8, 4) is 5.75 Å². The standard InChI is InChI=1S/C14H20BrNO/c1-4-11(10-16-5-2)8-12-9-13(17-3)6-7-14(12)15/h6-9,16H,4-5,10H2,1-3H3/b11-8+. The summed E-state index contributed by atoms with van der Waals surface area (Å²) in [5.74, 6) is 0.887. The highest BCUT2D eigenvalue weighted by Gasteiger charge is 2.01. The SMILES string of the molecule is CCNC/C(=C/c1cc(OC)ccc1Br)CC. The van der Waals surface area contributed by atoms with E-state index < -0.39 is 0 Å². The maximum atomic E-state index is 5.24. The van der Waals surface area contributed by atoms with E-state index in [4.69, 9.17) is 4.74 Å². The van der Waals surface area contributed by atoms with Gasteiger partial charge < -0.3 is 10.1 Å². The van der Waals surface area contributed by atoms with Gasteiger partial charge in [-0.15, -0.1) is 0 Å². The van der Waals surface area contributed by atoms with Crippen LogP contribution >= 0.6 is 15.9 Å². The summed E-state index contributed by atoms with van der Waals surface area (Å²) in [5, 5.41) is 3.35. The van der Waals surface area contributed by atoms with Crippen LogP contribution in [0.3, 0.4) is 0 Å². The number of hydrogen-bond donors (Lipinski definition) is 1. The Hall–Kier alpha value is -0.800. The van der Waals surface area contributed by atoms with Crippen LogP contribution in [0, 0.1) is 0 Å². The molecule has 1 aromatic carbocycles. The van der Waals surface area contributed by atoms with Crippen molar-refractivity contribution in [3.05, 3.63) is 33.8 Å². The fourth-order valence-corrected chi connectivity index (χ4v) is 1.90. The minimum Gasteiger partial charge on any atom is -0.497 e. The molecule has 0 spiro atoms. The van der Waals surface area contributed by atoms with Crippen LogP contribution < -0.4 is 10.1 Å². The number of likely N-dealkylation sites (N-methyl/N-ethyl adjacent to an activating group) is 1. The molecule has 1 rings (SSSR count). The molecule has 0 saturated heterocycles. The van der Waals surface area contributed by atoms with Gasteiger partial charge in [0.05, 0.1) is 7.11 Å². The Kier molecular flexibility index (Phi) is 6.30. The maximum absolute atomic E-state index is 5.24. The summed E-state index contributed by atoms with van der Waals surface area (Å²) >= 11 is 3.56. The van der Waals surface area contributed by atoms with Gasteiger partial charge in [-0.05, 0) is 36.7 Å². The fraction of sp³-hybridized carbons (Fsp3) is 0.429. The van der Waals surface area contributed by atoms with Crippen molar-refractivity contribution in [3.63, 3.8) is 0 Å². The lowest BCUT2D eigenvalue weighted by Gasteiger charge is -2.08. The number of ether oxygens (including phenoxy) is 1. The molecule has 0 aromatic heterocycles. The molecular formula is C14H20BrNO. The second-order valence-corrected chi connectivity index (χ2v) is 4.68. The highest BCUT2D eigenvalue weighted by atomic mass is 79.9. The van der Waals surface area contributed by atoms with E-state index in [0.29, 0.717) is 0 Å². The largest absolute Gasteiger partial charge is 0.497 e. The van der Waals surface area contributed by atoms with Gasteiger partial charge in [-0.2, -0.15) is 0 Å². The van der Waals surface area contributed by atoms with Crippen LogP contribution in [0.4, 0.5) is 0 Å². The first kappa shape index (κ1) is 14.3. The van der Waals surface area contributed by atoms with Crippen LogP contribution in [0.15, 0.2) is 28.2 Å². The average Bonchev–Trinajstić information content (AvgIpc) is 2.36. The summed E-state index contributed by atoms with van der Waals surface area (Å²) in [6.07, 6.45) is 3.27. The number of halogens is 1. The smallest absolute Gasteiger partial charge is 0.119 e. The molecule has 0 radical (unpaired) electrons. The first-order valence-electron chi connectivity index (χ1n) is 5.95. The zero-order chi connectivity index (χ0) is 12.7. The quantitative estimate of drug-likeness (QED) is 0.861.